The van der Waals surface area contributed by atoms with Crippen LogP contribution in [0.2, 0.25) is 0 Å². The van der Waals surface area contributed by atoms with Crippen molar-refractivity contribution in [2.45, 2.75) is 105 Å². The maximum absolute atomic E-state index is 10.9. The Hall–Kier alpha value is -10.4. The summed E-state index contributed by atoms with van der Waals surface area (Å²) in [5, 5.41) is 15.6. The van der Waals surface area contributed by atoms with Crippen LogP contribution < -0.4 is 4.74 Å². The molecule has 14 rings (SSSR count). The number of para-hydroxylation sites is 4. The molecule has 8 heteroatoms. The van der Waals surface area contributed by atoms with Crippen LogP contribution in [-0.2, 0) is 21.7 Å². The molecule has 0 amide bonds. The molecule has 0 saturated heterocycles. The quantitative estimate of drug-likeness (QED) is 0.155. The third-order valence-electron chi connectivity index (χ3n) is 17.9. The number of phenolic OH excluding ortho intramolecular Hbond substituents is 1. The first kappa shape index (κ1) is 61.4. The number of ether oxygens (including phenoxy) is 1. The molecule has 1 N–H and O–H groups in total. The van der Waals surface area contributed by atoms with Crippen molar-refractivity contribution in [1.82, 2.24) is 29.1 Å². The molecule has 0 unspecified atom stereocenters. The molecule has 0 aliphatic carbocycles. The molecule has 8 aromatic carbocycles. The molecule has 462 valence electrons. The van der Waals surface area contributed by atoms with Crippen molar-refractivity contribution in [3.05, 3.63) is 265 Å². The fraction of sp³-hybridized carbons (Fsp3) is 0.200. The van der Waals surface area contributed by atoms with E-state index in [1.54, 1.807) is 13.2 Å². The minimum absolute atomic E-state index is 0.00126. The second-order valence-electron chi connectivity index (χ2n) is 28.6. The molecular weight excluding hydrogens is 1140 g/mol. The molecule has 0 radical (unpaired) electrons. The molecule has 0 spiro atoms. The zero-order chi connectivity index (χ0) is 65.1. The van der Waals surface area contributed by atoms with Gasteiger partial charge >= 0.3 is 0 Å². The van der Waals surface area contributed by atoms with E-state index in [1.165, 1.54) is 44.0 Å². The Kier molecular flexibility index (Phi) is 15.8. The number of rotatable bonds is 9. The summed E-state index contributed by atoms with van der Waals surface area (Å²) < 4.78 is 10.3. The Labute approximate surface area is 547 Å². The van der Waals surface area contributed by atoms with Gasteiger partial charge in [-0.2, -0.15) is 0 Å². The van der Waals surface area contributed by atoms with Crippen molar-refractivity contribution < 1.29 is 9.84 Å². The number of pyridine rings is 4. The fourth-order valence-electron chi connectivity index (χ4n) is 12.6. The lowest BCUT2D eigenvalue weighted by molar-refractivity contribution is 0.416. The Bertz CT molecular complexity index is 5060. The van der Waals surface area contributed by atoms with Gasteiger partial charge in [0.1, 0.15) is 23.1 Å². The molecule has 14 aromatic rings. The van der Waals surface area contributed by atoms with Crippen LogP contribution in [0.15, 0.2) is 243 Å². The SMILES string of the molecule is CC(C)(C)c1cc(-c2cc(-c3ccc4c5ccccc5n(-c5ccccn5)c4c3)nc(-c3ccccc3O)c2)cc(C(C)(C)C)c1.COc1ccccc1-c1cc(-c2cc(C(C)(C)C)cc(C(C)(C)C)c2)cc(-c2ccc3c4ccccc4n(-c4ccccn4)c3c2)n1. The van der Waals surface area contributed by atoms with Gasteiger partial charge in [-0.25, -0.2) is 19.9 Å². The average Bonchev–Trinajstić information content (AvgIpc) is 1.59. The number of aromatic nitrogens is 6. The minimum atomic E-state index is -0.0175. The fourth-order valence-corrected chi connectivity index (χ4v) is 12.6. The third kappa shape index (κ3) is 12.2. The predicted molar refractivity (Wildman–Crippen MR) is 388 cm³/mol. The second-order valence-corrected chi connectivity index (χ2v) is 28.6. The van der Waals surface area contributed by atoms with Crippen LogP contribution in [0.3, 0.4) is 0 Å². The Morgan fingerprint density at radius 2 is 0.667 bits per heavy atom. The number of benzene rings is 8. The lowest BCUT2D eigenvalue weighted by Gasteiger charge is -2.26. The van der Waals surface area contributed by atoms with E-state index < -0.39 is 0 Å². The summed E-state index contributed by atoms with van der Waals surface area (Å²) in [5.74, 6) is 2.77. The van der Waals surface area contributed by atoms with Gasteiger partial charge in [0, 0.05) is 56.2 Å². The minimum Gasteiger partial charge on any atom is -0.507 e. The van der Waals surface area contributed by atoms with Crippen LogP contribution in [0.25, 0.3) is 123 Å². The molecule has 6 heterocycles. The summed E-state index contributed by atoms with van der Waals surface area (Å²) >= 11 is 0. The van der Waals surface area contributed by atoms with Gasteiger partial charge in [-0.05, 0) is 163 Å². The van der Waals surface area contributed by atoms with Crippen LogP contribution in [0.1, 0.15) is 105 Å². The van der Waals surface area contributed by atoms with Gasteiger partial charge in [0.2, 0.25) is 0 Å². The van der Waals surface area contributed by atoms with E-state index in [-0.39, 0.29) is 27.4 Å². The van der Waals surface area contributed by atoms with Crippen molar-refractivity contribution in [2.75, 3.05) is 7.11 Å². The highest BCUT2D eigenvalue weighted by molar-refractivity contribution is 6.11. The van der Waals surface area contributed by atoms with Gasteiger partial charge in [0.25, 0.3) is 0 Å². The summed E-state index contributed by atoms with van der Waals surface area (Å²) in [4.78, 5) is 19.9. The van der Waals surface area contributed by atoms with E-state index in [1.807, 2.05) is 79.1 Å². The zero-order valence-corrected chi connectivity index (χ0v) is 55.6. The van der Waals surface area contributed by atoms with Gasteiger partial charge < -0.3 is 9.84 Å². The normalized spacial score (nSPS) is 12.2. The molecule has 0 aliphatic heterocycles. The molecule has 8 nitrogen and oxygen atoms in total. The van der Waals surface area contributed by atoms with Crippen molar-refractivity contribution in [3.63, 3.8) is 0 Å². The van der Waals surface area contributed by atoms with Gasteiger partial charge in [-0.1, -0.05) is 217 Å². The molecule has 0 aliphatic rings. The first-order chi connectivity index (χ1) is 44.5. The number of nitrogens with zero attached hydrogens (tertiary/aromatic N) is 6. The van der Waals surface area contributed by atoms with Crippen LogP contribution in [-0.4, -0.2) is 41.3 Å². The van der Waals surface area contributed by atoms with E-state index in [0.717, 1.165) is 101 Å². The third-order valence-corrected chi connectivity index (χ3v) is 17.9. The topological polar surface area (TPSA) is 90.9 Å². The number of aromatic hydroxyl groups is 1. The zero-order valence-electron chi connectivity index (χ0n) is 55.6. The summed E-state index contributed by atoms with van der Waals surface area (Å²) in [6.45, 7) is 27.3. The van der Waals surface area contributed by atoms with Crippen LogP contribution in [0.4, 0.5) is 0 Å². The monoisotopic (exact) mass is 1220 g/mol. The summed E-state index contributed by atoms with van der Waals surface area (Å²) in [7, 11) is 1.72. The lowest BCUT2D eigenvalue weighted by Crippen LogP contribution is -2.16. The van der Waals surface area contributed by atoms with Crippen LogP contribution in [0, 0.1) is 0 Å². The van der Waals surface area contributed by atoms with Gasteiger partial charge in [0.15, 0.2) is 0 Å². The second kappa shape index (κ2) is 24.0. The summed E-state index contributed by atoms with van der Waals surface area (Å²) in [5.41, 5.74) is 21.1. The molecule has 6 aromatic heterocycles. The van der Waals surface area contributed by atoms with E-state index in [4.69, 9.17) is 24.7 Å². The molecule has 0 fully saturated rings. The van der Waals surface area contributed by atoms with Gasteiger partial charge in [-0.15, -0.1) is 0 Å². The van der Waals surface area contributed by atoms with Crippen molar-refractivity contribution in [3.8, 4) is 90.4 Å². The predicted octanol–water partition coefficient (Wildman–Crippen LogP) is 22.1. The number of phenols is 1. The number of fused-ring (bicyclic) bond motifs is 6. The highest BCUT2D eigenvalue weighted by atomic mass is 16.5. The van der Waals surface area contributed by atoms with E-state index in [2.05, 4.69) is 250 Å². The van der Waals surface area contributed by atoms with Crippen LogP contribution in [0.5, 0.6) is 11.5 Å². The number of methoxy groups -OCH3 is 1. The van der Waals surface area contributed by atoms with Crippen molar-refractivity contribution >= 4 is 43.6 Å². The van der Waals surface area contributed by atoms with E-state index in [9.17, 15) is 5.11 Å². The molecular formula is C85H80N6O2. The number of hydrogen-bond acceptors (Lipinski definition) is 6. The maximum atomic E-state index is 10.9. The maximum Gasteiger partial charge on any atom is 0.137 e. The highest BCUT2D eigenvalue weighted by Crippen LogP contribution is 2.43. The Morgan fingerprint density at radius 1 is 0.312 bits per heavy atom. The van der Waals surface area contributed by atoms with Gasteiger partial charge in [0.05, 0.1) is 52.0 Å². The highest BCUT2D eigenvalue weighted by Gasteiger charge is 2.26. The van der Waals surface area contributed by atoms with Gasteiger partial charge in [-0.3, -0.25) is 9.13 Å². The molecule has 0 saturated carbocycles. The average molecular weight is 1220 g/mol. The Morgan fingerprint density at radius 3 is 1.08 bits per heavy atom. The molecule has 93 heavy (non-hydrogen) atoms. The Balaban J connectivity index is 0.000000169. The van der Waals surface area contributed by atoms with Crippen molar-refractivity contribution in [1.29, 1.82) is 0 Å². The molecule has 0 bridgehead atoms. The largest absolute Gasteiger partial charge is 0.507 e. The first-order valence-electron chi connectivity index (χ1n) is 32.2. The van der Waals surface area contributed by atoms with E-state index in [0.29, 0.717) is 5.56 Å². The van der Waals surface area contributed by atoms with Crippen molar-refractivity contribution in [2.24, 2.45) is 0 Å². The number of hydrogen-bond donors (Lipinski definition) is 1. The summed E-state index contributed by atoms with van der Waals surface area (Å²) in [6.07, 6.45) is 3.68. The summed E-state index contributed by atoms with van der Waals surface area (Å²) in [6, 6.07) is 80.7. The van der Waals surface area contributed by atoms with Crippen LogP contribution >= 0.6 is 0 Å². The first-order valence-corrected chi connectivity index (χ1v) is 32.2. The standard InChI is InChI=1S/C43H41N3O.C42H39N3O/c1-42(2,3)31-22-29(23-32(27-31)43(4,5)6)30-24-36(45-37(25-30)35-15-9-11-17-40(35)47-7)28-19-20-34-33-14-8-10-16-38(33)46(39(34)26-28)41-18-12-13-21-44-41;1-41(2,3)30-21-28(22-31(26-30)42(4,5)6)29-23-35(44-36(24-29)34-14-8-10-16-39(34)46)27-18-19-33-32-13-7-9-15-37(32)45(38(33)25-27)40-17-11-12-20-43-40/h8-27H,1-7H3;7-26,46H,1-6H3. The lowest BCUT2D eigenvalue weighted by atomic mass is 9.79. The smallest absolute Gasteiger partial charge is 0.137 e. The van der Waals surface area contributed by atoms with E-state index >= 15 is 0 Å². The molecule has 0 atom stereocenters.